The smallest absolute Gasteiger partial charge is 0.398 e. The molecule has 0 amide bonds. The molecule has 0 fully saturated rings. The Morgan fingerprint density at radius 1 is 1.15 bits per heavy atom. The average molecular weight is 282 g/mol. The predicted molar refractivity (Wildman–Crippen MR) is 68.8 cm³/mol. The number of nitrogens with zero attached hydrogens (tertiary/aromatic N) is 1. The monoisotopic (exact) mass is 282 g/mol. The first-order valence-electron chi connectivity index (χ1n) is 5.91. The van der Waals surface area contributed by atoms with Crippen LogP contribution in [0.5, 0.6) is 0 Å². The van der Waals surface area contributed by atoms with Gasteiger partial charge in [0.05, 0.1) is 11.7 Å². The van der Waals surface area contributed by atoms with Gasteiger partial charge in [-0.3, -0.25) is 4.98 Å². The van der Waals surface area contributed by atoms with Crippen LogP contribution in [0.1, 0.15) is 22.8 Å². The number of rotatable bonds is 3. The van der Waals surface area contributed by atoms with E-state index in [9.17, 15) is 18.3 Å². The van der Waals surface area contributed by atoms with Crippen LogP contribution in [0.25, 0.3) is 0 Å². The van der Waals surface area contributed by atoms with Crippen molar-refractivity contribution in [3.8, 4) is 0 Å². The lowest BCUT2D eigenvalue weighted by Gasteiger charge is -2.16. The van der Waals surface area contributed by atoms with Crippen LogP contribution in [0.15, 0.2) is 42.7 Å². The Hall–Kier alpha value is -2.08. The molecule has 1 heterocycles. The van der Waals surface area contributed by atoms with E-state index in [0.29, 0.717) is 0 Å². The highest BCUT2D eigenvalue weighted by Gasteiger charge is 2.31. The largest absolute Gasteiger partial charge is 0.416 e. The summed E-state index contributed by atoms with van der Waals surface area (Å²) in [4.78, 5) is 3.83. The SMILES string of the molecule is Nc1ccc(C(F)(F)F)cc1C(O)Cc1ccncc1. The molecule has 2 aromatic rings. The van der Waals surface area contributed by atoms with Gasteiger partial charge in [0.25, 0.3) is 0 Å². The summed E-state index contributed by atoms with van der Waals surface area (Å²) in [6.07, 6.45) is -2.28. The number of aliphatic hydroxyl groups excluding tert-OH is 1. The molecule has 1 unspecified atom stereocenters. The summed E-state index contributed by atoms with van der Waals surface area (Å²) < 4.78 is 38.0. The molecule has 0 spiro atoms. The standard InChI is InChI=1S/C14H13F3N2O/c15-14(16,17)10-1-2-12(18)11(8-10)13(20)7-9-3-5-19-6-4-9/h1-6,8,13,20H,7,18H2. The van der Waals surface area contributed by atoms with Crippen molar-refractivity contribution in [2.45, 2.75) is 18.7 Å². The van der Waals surface area contributed by atoms with Crippen molar-refractivity contribution in [3.63, 3.8) is 0 Å². The molecule has 3 N–H and O–H groups in total. The van der Waals surface area contributed by atoms with Gasteiger partial charge >= 0.3 is 6.18 Å². The minimum atomic E-state index is -4.46. The van der Waals surface area contributed by atoms with Gasteiger partial charge in [-0.15, -0.1) is 0 Å². The lowest BCUT2D eigenvalue weighted by Crippen LogP contribution is -2.10. The fourth-order valence-corrected chi connectivity index (χ4v) is 1.89. The van der Waals surface area contributed by atoms with E-state index in [0.717, 1.165) is 23.8 Å². The van der Waals surface area contributed by atoms with E-state index >= 15 is 0 Å². The number of pyridine rings is 1. The van der Waals surface area contributed by atoms with E-state index in [1.807, 2.05) is 0 Å². The first-order valence-corrected chi connectivity index (χ1v) is 5.91. The number of nitrogens with two attached hydrogens (primary N) is 1. The van der Waals surface area contributed by atoms with Gasteiger partial charge in [-0.05, 0) is 35.9 Å². The Labute approximate surface area is 113 Å². The average Bonchev–Trinajstić information content (AvgIpc) is 2.39. The summed E-state index contributed by atoms with van der Waals surface area (Å²) in [5.74, 6) is 0. The van der Waals surface area contributed by atoms with Gasteiger partial charge in [0.15, 0.2) is 0 Å². The Kier molecular flexibility index (Phi) is 3.94. The Balaban J connectivity index is 2.27. The third-order valence-corrected chi connectivity index (χ3v) is 2.95. The Bertz CT molecular complexity index is 585. The molecule has 0 aliphatic carbocycles. The first kappa shape index (κ1) is 14.3. The molecule has 0 aliphatic rings. The van der Waals surface area contributed by atoms with E-state index in [-0.39, 0.29) is 17.7 Å². The Morgan fingerprint density at radius 2 is 1.80 bits per heavy atom. The van der Waals surface area contributed by atoms with Crippen molar-refractivity contribution in [1.29, 1.82) is 0 Å². The molecule has 106 valence electrons. The van der Waals surface area contributed by atoms with Crippen molar-refractivity contribution < 1.29 is 18.3 Å². The zero-order chi connectivity index (χ0) is 14.8. The predicted octanol–water partition coefficient (Wildman–Crippen LogP) is 2.96. The van der Waals surface area contributed by atoms with E-state index in [2.05, 4.69) is 4.98 Å². The van der Waals surface area contributed by atoms with Crippen molar-refractivity contribution in [1.82, 2.24) is 4.98 Å². The zero-order valence-electron chi connectivity index (χ0n) is 10.4. The number of nitrogen functional groups attached to an aromatic ring is 1. The minimum absolute atomic E-state index is 0.0802. The second-order valence-corrected chi connectivity index (χ2v) is 4.42. The number of anilines is 1. The van der Waals surface area contributed by atoms with Crippen LogP contribution in [0.2, 0.25) is 0 Å². The van der Waals surface area contributed by atoms with Crippen LogP contribution in [0.4, 0.5) is 18.9 Å². The first-order chi connectivity index (χ1) is 9.38. The van der Waals surface area contributed by atoms with Gasteiger partial charge in [0.2, 0.25) is 0 Å². The van der Waals surface area contributed by atoms with Crippen molar-refractivity contribution >= 4 is 5.69 Å². The quantitative estimate of drug-likeness (QED) is 0.851. The van der Waals surface area contributed by atoms with E-state index in [1.165, 1.54) is 0 Å². The third-order valence-electron chi connectivity index (χ3n) is 2.95. The van der Waals surface area contributed by atoms with Crippen LogP contribution < -0.4 is 5.73 Å². The number of alkyl halides is 3. The van der Waals surface area contributed by atoms with Gasteiger partial charge in [0, 0.05) is 30.1 Å². The lowest BCUT2D eigenvalue weighted by molar-refractivity contribution is -0.137. The molecule has 20 heavy (non-hydrogen) atoms. The number of aromatic nitrogens is 1. The van der Waals surface area contributed by atoms with E-state index < -0.39 is 17.8 Å². The molecular weight excluding hydrogens is 269 g/mol. The second kappa shape index (κ2) is 5.50. The van der Waals surface area contributed by atoms with Crippen LogP contribution in [0.3, 0.4) is 0 Å². The van der Waals surface area contributed by atoms with Gasteiger partial charge in [-0.1, -0.05) is 0 Å². The molecule has 0 saturated heterocycles. The zero-order valence-corrected chi connectivity index (χ0v) is 10.4. The van der Waals surface area contributed by atoms with E-state index in [1.54, 1.807) is 24.5 Å². The molecule has 1 aromatic carbocycles. The number of aliphatic hydroxyl groups is 1. The minimum Gasteiger partial charge on any atom is -0.398 e. The number of hydrogen-bond donors (Lipinski definition) is 2. The summed E-state index contributed by atoms with van der Waals surface area (Å²) in [7, 11) is 0. The van der Waals surface area contributed by atoms with Gasteiger partial charge in [-0.25, -0.2) is 0 Å². The number of hydrogen-bond acceptors (Lipinski definition) is 3. The van der Waals surface area contributed by atoms with Crippen LogP contribution in [0, 0.1) is 0 Å². The van der Waals surface area contributed by atoms with Crippen molar-refractivity contribution in [2.24, 2.45) is 0 Å². The molecule has 2 rings (SSSR count). The maximum absolute atomic E-state index is 12.7. The Morgan fingerprint density at radius 3 is 2.40 bits per heavy atom. The normalized spacial score (nSPS) is 13.2. The lowest BCUT2D eigenvalue weighted by atomic mass is 9.98. The molecule has 0 radical (unpaired) electrons. The van der Waals surface area contributed by atoms with Gasteiger partial charge < -0.3 is 10.8 Å². The topological polar surface area (TPSA) is 59.1 Å². The van der Waals surface area contributed by atoms with Crippen LogP contribution in [-0.2, 0) is 12.6 Å². The fourth-order valence-electron chi connectivity index (χ4n) is 1.89. The highest BCUT2D eigenvalue weighted by molar-refractivity contribution is 5.50. The molecule has 1 atom stereocenters. The summed E-state index contributed by atoms with van der Waals surface area (Å²) in [5.41, 5.74) is 5.81. The van der Waals surface area contributed by atoms with E-state index in [4.69, 9.17) is 5.73 Å². The molecule has 0 aliphatic heterocycles. The summed E-state index contributed by atoms with van der Waals surface area (Å²) in [6.45, 7) is 0. The molecular formula is C14H13F3N2O. The van der Waals surface area contributed by atoms with Gasteiger partial charge in [-0.2, -0.15) is 13.2 Å². The van der Waals surface area contributed by atoms with Crippen LogP contribution in [-0.4, -0.2) is 10.1 Å². The maximum atomic E-state index is 12.7. The highest BCUT2D eigenvalue weighted by Crippen LogP contribution is 2.33. The van der Waals surface area contributed by atoms with Crippen molar-refractivity contribution in [3.05, 3.63) is 59.4 Å². The highest BCUT2D eigenvalue weighted by atomic mass is 19.4. The summed E-state index contributed by atoms with van der Waals surface area (Å²) >= 11 is 0. The van der Waals surface area contributed by atoms with Crippen molar-refractivity contribution in [2.75, 3.05) is 5.73 Å². The number of halogens is 3. The third kappa shape index (κ3) is 3.27. The molecule has 0 saturated carbocycles. The summed E-state index contributed by atoms with van der Waals surface area (Å²) in [6, 6.07) is 6.33. The fraction of sp³-hybridized carbons (Fsp3) is 0.214. The summed E-state index contributed by atoms with van der Waals surface area (Å²) in [5, 5.41) is 10.1. The molecule has 6 heteroatoms. The second-order valence-electron chi connectivity index (χ2n) is 4.42. The molecule has 1 aromatic heterocycles. The maximum Gasteiger partial charge on any atom is 0.416 e. The van der Waals surface area contributed by atoms with Crippen LogP contribution >= 0.6 is 0 Å². The molecule has 3 nitrogen and oxygen atoms in total. The number of benzene rings is 1. The van der Waals surface area contributed by atoms with Gasteiger partial charge in [0.1, 0.15) is 0 Å². The molecule has 0 bridgehead atoms.